The van der Waals surface area contributed by atoms with Crippen molar-refractivity contribution >= 4 is 6.09 Å². The molecule has 1 heterocycles. The number of hydrogen-bond donors (Lipinski definition) is 0. The molecular formula is C13H17NO2. The molecule has 1 amide bonds. The maximum atomic E-state index is 11.5. The molecule has 2 rings (SSSR count). The highest BCUT2D eigenvalue weighted by Gasteiger charge is 2.30. The molecular weight excluding hydrogens is 202 g/mol. The molecule has 0 aliphatic carbocycles. The third-order valence-corrected chi connectivity index (χ3v) is 2.75. The predicted molar refractivity (Wildman–Crippen MR) is 62.3 cm³/mol. The normalized spacial score (nSPS) is 19.9. The van der Waals surface area contributed by atoms with Crippen LogP contribution >= 0.6 is 0 Å². The van der Waals surface area contributed by atoms with Crippen molar-refractivity contribution in [1.82, 2.24) is 4.90 Å². The van der Waals surface area contributed by atoms with Gasteiger partial charge in [-0.15, -0.1) is 0 Å². The zero-order valence-electron chi connectivity index (χ0n) is 9.56. The van der Waals surface area contributed by atoms with E-state index in [1.54, 1.807) is 4.90 Å². The smallest absolute Gasteiger partial charge is 0.410 e. The van der Waals surface area contributed by atoms with E-state index in [2.05, 4.69) is 19.1 Å². The van der Waals surface area contributed by atoms with Crippen LogP contribution in [0.25, 0.3) is 0 Å². The summed E-state index contributed by atoms with van der Waals surface area (Å²) in [5.74, 6) is 0. The van der Waals surface area contributed by atoms with Crippen molar-refractivity contribution in [2.75, 3.05) is 13.1 Å². The molecule has 0 N–H and O–H groups in total. The average molecular weight is 219 g/mol. The van der Waals surface area contributed by atoms with E-state index in [1.807, 2.05) is 18.2 Å². The van der Waals surface area contributed by atoms with Gasteiger partial charge in [-0.3, -0.25) is 0 Å². The highest BCUT2D eigenvalue weighted by Crippen LogP contribution is 2.15. The van der Waals surface area contributed by atoms with Crippen molar-refractivity contribution in [3.05, 3.63) is 35.9 Å². The quantitative estimate of drug-likeness (QED) is 0.778. The summed E-state index contributed by atoms with van der Waals surface area (Å²) in [5.41, 5.74) is 1.22. The molecule has 1 saturated heterocycles. The molecule has 16 heavy (non-hydrogen) atoms. The fourth-order valence-corrected chi connectivity index (χ4v) is 2.01. The molecule has 86 valence electrons. The van der Waals surface area contributed by atoms with E-state index in [1.165, 1.54) is 5.56 Å². The first kappa shape index (κ1) is 11.0. The molecule has 1 aromatic rings. The molecule has 3 heteroatoms. The Bertz CT molecular complexity index is 350. The number of cyclic esters (lactones) is 1. The van der Waals surface area contributed by atoms with E-state index in [9.17, 15) is 4.79 Å². The van der Waals surface area contributed by atoms with Gasteiger partial charge in [0, 0.05) is 13.0 Å². The number of nitrogens with zero attached hydrogens (tertiary/aromatic N) is 1. The number of ether oxygens (including phenoxy) is 1. The van der Waals surface area contributed by atoms with Gasteiger partial charge in [0.2, 0.25) is 0 Å². The first-order chi connectivity index (χ1) is 7.79. The second-order valence-corrected chi connectivity index (χ2v) is 4.14. The molecule has 1 fully saturated rings. The highest BCUT2D eigenvalue weighted by molar-refractivity contribution is 5.69. The van der Waals surface area contributed by atoms with Gasteiger partial charge in [0.25, 0.3) is 0 Å². The largest absolute Gasteiger partial charge is 0.444 e. The first-order valence-electron chi connectivity index (χ1n) is 5.79. The van der Waals surface area contributed by atoms with E-state index in [-0.39, 0.29) is 12.2 Å². The monoisotopic (exact) mass is 219 g/mol. The van der Waals surface area contributed by atoms with E-state index >= 15 is 0 Å². The molecule has 1 atom stereocenters. The van der Waals surface area contributed by atoms with Gasteiger partial charge in [0.1, 0.15) is 6.10 Å². The molecule has 0 radical (unpaired) electrons. The van der Waals surface area contributed by atoms with Gasteiger partial charge >= 0.3 is 6.09 Å². The fourth-order valence-electron chi connectivity index (χ4n) is 2.01. The van der Waals surface area contributed by atoms with Crippen LogP contribution in [0.4, 0.5) is 4.79 Å². The zero-order valence-corrected chi connectivity index (χ0v) is 9.56. The summed E-state index contributed by atoms with van der Waals surface area (Å²) in [4.78, 5) is 13.3. The Morgan fingerprint density at radius 2 is 2.12 bits per heavy atom. The molecule has 0 bridgehead atoms. The lowest BCUT2D eigenvalue weighted by Gasteiger charge is -2.10. The molecule has 1 aliphatic heterocycles. The second kappa shape index (κ2) is 5.01. The van der Waals surface area contributed by atoms with Gasteiger partial charge in [-0.05, 0) is 12.0 Å². The first-order valence-corrected chi connectivity index (χ1v) is 5.79. The number of hydrogen-bond acceptors (Lipinski definition) is 2. The van der Waals surface area contributed by atoms with Crippen LogP contribution in [-0.2, 0) is 11.2 Å². The molecule has 3 nitrogen and oxygen atoms in total. The van der Waals surface area contributed by atoms with Gasteiger partial charge in [-0.2, -0.15) is 0 Å². The van der Waals surface area contributed by atoms with Gasteiger partial charge in [0.15, 0.2) is 0 Å². The minimum atomic E-state index is -0.164. The number of amides is 1. The van der Waals surface area contributed by atoms with Crippen LogP contribution in [0.1, 0.15) is 18.9 Å². The van der Waals surface area contributed by atoms with Crippen LogP contribution in [0.3, 0.4) is 0 Å². The Hall–Kier alpha value is -1.51. The Labute approximate surface area is 96.0 Å². The zero-order chi connectivity index (χ0) is 11.4. The lowest BCUT2D eigenvalue weighted by molar-refractivity contribution is 0.132. The van der Waals surface area contributed by atoms with Crippen molar-refractivity contribution in [3.8, 4) is 0 Å². The minimum absolute atomic E-state index is 0.0152. The number of rotatable bonds is 4. The Kier molecular flexibility index (Phi) is 3.44. The van der Waals surface area contributed by atoms with Crippen molar-refractivity contribution in [3.63, 3.8) is 0 Å². The van der Waals surface area contributed by atoms with E-state index in [0.717, 1.165) is 25.9 Å². The summed E-state index contributed by atoms with van der Waals surface area (Å²) in [7, 11) is 0. The second-order valence-electron chi connectivity index (χ2n) is 4.14. The lowest BCUT2D eigenvalue weighted by Crippen LogP contribution is -2.26. The van der Waals surface area contributed by atoms with Crippen LogP contribution in [0.15, 0.2) is 30.3 Å². The maximum Gasteiger partial charge on any atom is 0.410 e. The standard InChI is InChI=1S/C13H17NO2/c1-2-8-14-10-12(16-13(14)15)9-11-6-4-3-5-7-11/h3-7,12H,2,8-10H2,1H3. The number of benzene rings is 1. The summed E-state index contributed by atoms with van der Waals surface area (Å²) in [6.45, 7) is 3.59. The van der Waals surface area contributed by atoms with Crippen LogP contribution in [0, 0.1) is 0 Å². The topological polar surface area (TPSA) is 29.5 Å². The van der Waals surface area contributed by atoms with Gasteiger partial charge < -0.3 is 9.64 Å². The molecule has 1 aliphatic rings. The predicted octanol–water partition coefficient (Wildman–Crippen LogP) is 2.46. The van der Waals surface area contributed by atoms with Crippen LogP contribution in [-0.4, -0.2) is 30.2 Å². The van der Waals surface area contributed by atoms with E-state index < -0.39 is 0 Å². The molecule has 1 unspecified atom stereocenters. The third kappa shape index (κ3) is 2.54. The fraction of sp³-hybridized carbons (Fsp3) is 0.462. The van der Waals surface area contributed by atoms with Crippen LogP contribution in [0.5, 0.6) is 0 Å². The molecule has 0 saturated carbocycles. The Morgan fingerprint density at radius 1 is 1.38 bits per heavy atom. The molecule has 0 aromatic heterocycles. The van der Waals surface area contributed by atoms with Crippen molar-refractivity contribution in [2.24, 2.45) is 0 Å². The molecule has 1 aromatic carbocycles. The van der Waals surface area contributed by atoms with Crippen molar-refractivity contribution in [1.29, 1.82) is 0 Å². The number of carbonyl (C=O) groups is 1. The van der Waals surface area contributed by atoms with Crippen LogP contribution in [0.2, 0.25) is 0 Å². The summed E-state index contributed by atoms with van der Waals surface area (Å²) >= 11 is 0. The van der Waals surface area contributed by atoms with Gasteiger partial charge in [0.05, 0.1) is 6.54 Å². The van der Waals surface area contributed by atoms with Crippen molar-refractivity contribution < 1.29 is 9.53 Å². The molecule has 0 spiro atoms. The third-order valence-electron chi connectivity index (χ3n) is 2.75. The summed E-state index contributed by atoms with van der Waals surface area (Å²) in [5, 5.41) is 0. The van der Waals surface area contributed by atoms with Gasteiger partial charge in [-0.1, -0.05) is 37.3 Å². The average Bonchev–Trinajstić information content (AvgIpc) is 2.61. The van der Waals surface area contributed by atoms with Crippen LogP contribution < -0.4 is 0 Å². The highest BCUT2D eigenvalue weighted by atomic mass is 16.6. The SMILES string of the molecule is CCCN1CC(Cc2ccccc2)OC1=O. The minimum Gasteiger partial charge on any atom is -0.444 e. The summed E-state index contributed by atoms with van der Waals surface area (Å²) < 4.78 is 5.32. The Balaban J connectivity index is 1.91. The van der Waals surface area contributed by atoms with Gasteiger partial charge in [-0.25, -0.2) is 4.79 Å². The summed E-state index contributed by atoms with van der Waals surface area (Å²) in [6, 6.07) is 10.1. The Morgan fingerprint density at radius 3 is 2.81 bits per heavy atom. The van der Waals surface area contributed by atoms with E-state index in [0.29, 0.717) is 0 Å². The van der Waals surface area contributed by atoms with E-state index in [4.69, 9.17) is 4.74 Å². The lowest BCUT2D eigenvalue weighted by atomic mass is 10.1. The van der Waals surface area contributed by atoms with Crippen molar-refractivity contribution in [2.45, 2.75) is 25.9 Å². The number of carbonyl (C=O) groups excluding carboxylic acids is 1. The maximum absolute atomic E-state index is 11.5. The summed E-state index contributed by atoms with van der Waals surface area (Å²) in [6.07, 6.45) is 1.64.